The molecule has 3 aliphatic heterocycles. The minimum absolute atomic E-state index is 0.00144. The van der Waals surface area contributed by atoms with Gasteiger partial charge < -0.3 is 43.8 Å². The van der Waals surface area contributed by atoms with Crippen molar-refractivity contribution in [1.29, 1.82) is 0 Å². The second-order valence-electron chi connectivity index (χ2n) is 10.1. The van der Waals surface area contributed by atoms with Gasteiger partial charge in [-0.25, -0.2) is 24.3 Å². The average Bonchev–Trinajstić information content (AvgIpc) is 3.75. The maximum atomic E-state index is 16.0. The molecule has 0 aromatic carbocycles. The third kappa shape index (κ3) is 5.52. The Morgan fingerprint density at radius 1 is 1.09 bits per heavy atom. The number of aromatic nitrogens is 8. The lowest BCUT2D eigenvalue weighted by Gasteiger charge is -2.26. The molecule has 3 fully saturated rings. The molecule has 19 nitrogen and oxygen atoms in total. The summed E-state index contributed by atoms with van der Waals surface area (Å²) in [5, 5.41) is 0. The molecule has 0 amide bonds. The van der Waals surface area contributed by atoms with E-state index in [-0.39, 0.29) is 40.7 Å². The number of nitrogens with one attached hydrogen (secondary N) is 1. The van der Waals surface area contributed by atoms with Crippen molar-refractivity contribution in [2.45, 2.75) is 49.1 Å². The number of anilines is 2. The van der Waals surface area contributed by atoms with E-state index in [0.717, 1.165) is 0 Å². The number of rotatable bonds is 3. The highest BCUT2D eigenvalue weighted by atomic mass is 32.7. The fourth-order valence-corrected chi connectivity index (χ4v) is 7.78. The molecule has 2 radical (unpaired) electrons. The van der Waals surface area contributed by atoms with Crippen LogP contribution in [0, 0.1) is 0 Å². The van der Waals surface area contributed by atoms with Crippen molar-refractivity contribution >= 4 is 69.0 Å². The molecule has 4 aromatic heterocycles. The molecule has 0 spiro atoms. The fraction of sp³-hybridized carbons (Fsp3) is 0.524. The highest BCUT2D eigenvalue weighted by molar-refractivity contribution is 8.41. The summed E-state index contributed by atoms with van der Waals surface area (Å²) in [5.74, 6) is -0.0579. The Morgan fingerprint density at radius 2 is 1.82 bits per heavy atom. The number of nitrogens with zero attached hydrogens (tertiary/aromatic N) is 7. The summed E-state index contributed by atoms with van der Waals surface area (Å²) in [6.07, 6.45) is -5.98. The molecule has 3 aliphatic rings. The number of halogens is 1. The van der Waals surface area contributed by atoms with Gasteiger partial charge in [0.15, 0.2) is 41.3 Å². The Hall–Kier alpha value is -2.78. The minimum atomic E-state index is -4.47. The topological polar surface area (TPSA) is 241 Å². The van der Waals surface area contributed by atoms with Crippen molar-refractivity contribution in [1.82, 2.24) is 39.0 Å². The van der Waals surface area contributed by atoms with Crippen LogP contribution in [0.5, 0.6) is 0 Å². The predicted molar refractivity (Wildman–Crippen MR) is 157 cm³/mol. The van der Waals surface area contributed by atoms with Gasteiger partial charge in [-0.2, -0.15) is 4.98 Å². The summed E-state index contributed by atoms with van der Waals surface area (Å²) >= 11 is 4.48. The van der Waals surface area contributed by atoms with Crippen LogP contribution in [0.2, 0.25) is 0 Å². The number of aromatic amines is 1. The number of alkyl halides is 1. The molecular weight excluding hydrogens is 660 g/mol. The van der Waals surface area contributed by atoms with Crippen LogP contribution in [0.25, 0.3) is 22.3 Å². The molecule has 2 bridgehead atoms. The summed E-state index contributed by atoms with van der Waals surface area (Å²) < 4.78 is 73.1. The van der Waals surface area contributed by atoms with Gasteiger partial charge in [-0.3, -0.25) is 23.5 Å². The number of imidazole rings is 2. The van der Waals surface area contributed by atoms with Gasteiger partial charge in [0.25, 0.3) is 13.0 Å². The van der Waals surface area contributed by atoms with Gasteiger partial charge >= 0.3 is 0 Å². The molecule has 45 heavy (non-hydrogen) atoms. The number of fused-ring (bicyclic) bond motifs is 5. The summed E-state index contributed by atoms with van der Waals surface area (Å²) in [6.45, 7) is -0.765. The zero-order valence-electron chi connectivity index (χ0n) is 23.0. The lowest BCUT2D eigenvalue weighted by atomic mass is 10.1. The summed E-state index contributed by atoms with van der Waals surface area (Å²) in [6, 6.07) is 0. The van der Waals surface area contributed by atoms with Crippen molar-refractivity contribution in [2.75, 3.05) is 31.8 Å². The smallest absolute Gasteiger partial charge is 0.280 e. The van der Waals surface area contributed by atoms with E-state index in [0.29, 0.717) is 0 Å². The number of nitrogens with two attached hydrogens (primary N) is 2. The van der Waals surface area contributed by atoms with Crippen molar-refractivity contribution in [2.24, 2.45) is 0 Å². The van der Waals surface area contributed by atoms with E-state index in [1.54, 1.807) is 0 Å². The Kier molecular flexibility index (Phi) is 8.08. The van der Waals surface area contributed by atoms with Crippen LogP contribution < -0.4 is 17.0 Å². The van der Waals surface area contributed by atoms with Crippen LogP contribution in [-0.4, -0.2) is 104 Å². The Morgan fingerprint density at radius 3 is 2.60 bits per heavy atom. The van der Waals surface area contributed by atoms with Crippen LogP contribution in [-0.2, 0) is 36.9 Å². The molecular formula is C21H24BFN10O9P2S. The van der Waals surface area contributed by atoms with E-state index in [9.17, 15) is 9.36 Å². The van der Waals surface area contributed by atoms with Crippen molar-refractivity contribution in [3.05, 3.63) is 29.3 Å². The number of ether oxygens (including phenoxy) is 3. The lowest BCUT2D eigenvalue weighted by Crippen LogP contribution is -2.36. The van der Waals surface area contributed by atoms with Crippen LogP contribution in [0.3, 0.4) is 0 Å². The van der Waals surface area contributed by atoms with E-state index in [1.807, 2.05) is 0 Å². The number of thiol groups is 1. The number of nitrogen functional groups attached to an aromatic ring is 2. The standard InChI is InChI=1S/C21H24BFN10O9P2S/c1-36-13-8-3-38-44(22,35)42-12-7(39-19(9(12)23)32-5-28-10-15(24)26-4-27-16(10)32)2-37-43(45)41-14(13)20(40-8)33-6-29-11-17(33)30-21(25)31-18(11)34/h4-9,12-14,19-20,45H,2-3H2,1H3,(H2,24,26,27)(H3,25,30,31,34)/t7?,8?,9?,12?,13?,14?,19?,20?,43-,44+/m1/s1. The maximum absolute atomic E-state index is 16.0. The van der Waals surface area contributed by atoms with E-state index < -0.39 is 76.4 Å². The molecule has 8 unspecified atom stereocenters. The molecule has 24 heteroatoms. The molecule has 4 aromatic rings. The van der Waals surface area contributed by atoms with Gasteiger partial charge in [0.1, 0.15) is 42.4 Å². The molecule has 3 saturated heterocycles. The van der Waals surface area contributed by atoms with E-state index in [1.165, 1.54) is 35.2 Å². The second kappa shape index (κ2) is 11.8. The van der Waals surface area contributed by atoms with Gasteiger partial charge in [0.05, 0.1) is 25.9 Å². The van der Waals surface area contributed by atoms with E-state index in [4.69, 9.17) is 51.3 Å². The first-order chi connectivity index (χ1) is 21.5. The predicted octanol–water partition coefficient (Wildman–Crippen LogP) is 0.522. The van der Waals surface area contributed by atoms with Crippen LogP contribution in [0.4, 0.5) is 16.2 Å². The molecule has 238 valence electrons. The normalized spacial score (nSPS) is 36.0. The van der Waals surface area contributed by atoms with Gasteiger partial charge in [-0.05, 0) is 0 Å². The van der Waals surface area contributed by atoms with E-state index in [2.05, 4.69) is 42.2 Å². The first-order valence-electron chi connectivity index (χ1n) is 13.2. The third-order valence-corrected chi connectivity index (χ3v) is 9.93. The number of methoxy groups -OCH3 is 1. The van der Waals surface area contributed by atoms with Gasteiger partial charge in [-0.1, -0.05) is 12.2 Å². The van der Waals surface area contributed by atoms with Gasteiger partial charge in [0.2, 0.25) is 21.1 Å². The molecule has 0 aliphatic carbocycles. The number of hydrogen-bond donors (Lipinski definition) is 4. The van der Waals surface area contributed by atoms with E-state index >= 15 is 4.39 Å². The molecule has 7 heterocycles. The maximum Gasteiger partial charge on any atom is 0.280 e. The zero-order chi connectivity index (χ0) is 31.6. The second-order valence-corrected chi connectivity index (χ2v) is 13.6. The average molecular weight is 684 g/mol. The highest BCUT2D eigenvalue weighted by Crippen LogP contribution is 2.54. The van der Waals surface area contributed by atoms with Crippen LogP contribution in [0.15, 0.2) is 23.8 Å². The summed E-state index contributed by atoms with van der Waals surface area (Å²) in [7, 11) is 0.856. The molecule has 0 saturated carbocycles. The molecule has 7 rings (SSSR count). The Bertz CT molecular complexity index is 1850. The third-order valence-electron chi connectivity index (χ3n) is 7.46. The van der Waals surface area contributed by atoms with Crippen molar-refractivity contribution < 1.29 is 41.3 Å². The fourth-order valence-electron chi connectivity index (χ4n) is 5.48. The lowest BCUT2D eigenvalue weighted by molar-refractivity contribution is -0.0561. The van der Waals surface area contributed by atoms with Gasteiger partial charge in [-0.15, -0.1) is 0 Å². The monoisotopic (exact) mass is 684 g/mol. The number of H-pyrrole nitrogens is 1. The van der Waals surface area contributed by atoms with Crippen LogP contribution >= 0.6 is 27.3 Å². The van der Waals surface area contributed by atoms with Crippen molar-refractivity contribution in [3.8, 4) is 0 Å². The largest absolute Gasteiger partial charge is 0.382 e. The SMILES string of the molecule is [B][P@]1(=O)OCC2OC(n3cnc4c(=O)[nH]c(N)nc43)C(O[P@](S)OCC3OC(n4cnc5c(N)ncnc54)C(F)C3O1)C2OC. The van der Waals surface area contributed by atoms with Crippen molar-refractivity contribution in [3.63, 3.8) is 0 Å². The first kappa shape index (κ1) is 30.9. The number of hydrogen-bond acceptors (Lipinski definition) is 17. The Labute approximate surface area is 259 Å². The quantitative estimate of drug-likeness (QED) is 0.131. The minimum Gasteiger partial charge on any atom is -0.382 e. The van der Waals surface area contributed by atoms with Crippen LogP contribution in [0.1, 0.15) is 12.5 Å². The first-order valence-corrected chi connectivity index (χ1v) is 17.1. The van der Waals surface area contributed by atoms with Gasteiger partial charge in [0, 0.05) is 7.11 Å². The zero-order valence-corrected chi connectivity index (χ0v) is 25.7. The summed E-state index contributed by atoms with van der Waals surface area (Å²) in [4.78, 5) is 35.2. The summed E-state index contributed by atoms with van der Waals surface area (Å²) in [5.41, 5.74) is 11.6. The molecule has 10 atom stereocenters. The Balaban J connectivity index is 1.19. The molecule has 5 N–H and O–H groups in total. The highest BCUT2D eigenvalue weighted by Gasteiger charge is 2.53.